The maximum absolute atomic E-state index is 13.0. The molecule has 0 aromatic carbocycles. The van der Waals surface area contributed by atoms with E-state index in [0.29, 0.717) is 17.4 Å². The Bertz CT molecular complexity index is 1170. The molecule has 0 saturated heterocycles. The van der Waals surface area contributed by atoms with Crippen molar-refractivity contribution in [2.45, 2.75) is 315 Å². The minimum Gasteiger partial charge on any atom is -0.756 e. The Labute approximate surface area is 430 Å². The molecule has 9 heteroatoms. The molecule has 0 saturated carbocycles. The van der Waals surface area contributed by atoms with Crippen molar-refractivity contribution >= 4 is 13.7 Å². The van der Waals surface area contributed by atoms with Crippen molar-refractivity contribution in [3.63, 3.8) is 0 Å². The van der Waals surface area contributed by atoms with E-state index >= 15 is 0 Å². The van der Waals surface area contributed by atoms with E-state index in [4.69, 9.17) is 9.05 Å². The number of hydrogen-bond acceptors (Lipinski definition) is 6. The number of rotatable bonds is 56. The lowest BCUT2D eigenvalue weighted by Crippen LogP contribution is -2.45. The van der Waals surface area contributed by atoms with Crippen LogP contribution in [0.1, 0.15) is 303 Å². The molecule has 0 spiro atoms. The summed E-state index contributed by atoms with van der Waals surface area (Å²) in [4.78, 5) is 25.5. The number of quaternary nitrogens is 1. The van der Waals surface area contributed by atoms with Gasteiger partial charge < -0.3 is 28.8 Å². The topological polar surface area (TPSA) is 108 Å². The van der Waals surface area contributed by atoms with Crippen molar-refractivity contribution in [1.82, 2.24) is 5.32 Å². The summed E-state index contributed by atoms with van der Waals surface area (Å²) in [7, 11) is 1.27. The summed E-state index contributed by atoms with van der Waals surface area (Å²) < 4.78 is 23.4. The summed E-state index contributed by atoms with van der Waals surface area (Å²) in [5.41, 5.74) is 0. The van der Waals surface area contributed by atoms with E-state index in [0.717, 1.165) is 38.5 Å². The van der Waals surface area contributed by atoms with Crippen molar-refractivity contribution in [2.75, 3.05) is 40.9 Å². The number of unbranched alkanes of at least 4 members (excludes halogenated alkanes) is 41. The lowest BCUT2D eigenvalue weighted by molar-refractivity contribution is -0.870. The van der Waals surface area contributed by atoms with Crippen molar-refractivity contribution in [3.05, 3.63) is 24.3 Å². The molecule has 0 rings (SSSR count). The first kappa shape index (κ1) is 68.0. The summed E-state index contributed by atoms with van der Waals surface area (Å²) in [5, 5.41) is 13.9. The summed E-state index contributed by atoms with van der Waals surface area (Å²) in [6.45, 7) is 4.70. The standard InChI is InChI=1S/C60H119N2O6P/c1-6-8-10-12-14-16-18-20-22-24-26-27-28-29-30-31-32-33-34-36-38-40-42-44-46-48-50-52-54-60(64)61-58(57-68-69(65,66)67-56-55-62(3,4)5)59(63)53-51-49-47-45-43-41-39-37-35-25-23-21-19-17-15-13-11-9-7-2/h29-30,51,53,58-59,63H,6-28,31-50,52,54-57H2,1-5H3,(H-,61,64,65,66)/b30-29-,53-51+. The van der Waals surface area contributed by atoms with E-state index in [2.05, 4.69) is 31.3 Å². The van der Waals surface area contributed by atoms with Crippen LogP contribution in [0.4, 0.5) is 0 Å². The lowest BCUT2D eigenvalue weighted by Gasteiger charge is -2.29. The third-order valence-electron chi connectivity index (χ3n) is 13.9. The van der Waals surface area contributed by atoms with Crippen LogP contribution in [0.3, 0.4) is 0 Å². The second kappa shape index (κ2) is 51.9. The number of aliphatic hydroxyl groups is 1. The molecular formula is C60H119N2O6P. The van der Waals surface area contributed by atoms with E-state index < -0.39 is 20.0 Å². The molecule has 0 bridgehead atoms. The minimum absolute atomic E-state index is 0.000933. The Kier molecular flexibility index (Phi) is 51.1. The molecule has 1 amide bonds. The van der Waals surface area contributed by atoms with Crippen LogP contribution < -0.4 is 10.2 Å². The van der Waals surface area contributed by atoms with Crippen LogP contribution >= 0.6 is 7.82 Å². The number of nitrogens with zero attached hydrogens (tertiary/aromatic N) is 1. The second-order valence-corrected chi connectivity index (χ2v) is 23.5. The number of phosphoric ester groups is 1. The molecular weight excluding hydrogens is 876 g/mol. The fourth-order valence-corrected chi connectivity index (χ4v) is 9.87. The lowest BCUT2D eigenvalue weighted by atomic mass is 10.0. The number of hydrogen-bond donors (Lipinski definition) is 2. The highest BCUT2D eigenvalue weighted by Gasteiger charge is 2.23. The Balaban J connectivity index is 4.13. The molecule has 0 aromatic heterocycles. The van der Waals surface area contributed by atoms with Crippen LogP contribution in [0, 0.1) is 0 Å². The normalized spacial score (nSPS) is 14.0. The van der Waals surface area contributed by atoms with Gasteiger partial charge in [-0.1, -0.05) is 276 Å². The zero-order valence-corrected chi connectivity index (χ0v) is 47.7. The predicted molar refractivity (Wildman–Crippen MR) is 298 cm³/mol. The van der Waals surface area contributed by atoms with Gasteiger partial charge in [0.15, 0.2) is 0 Å². The fourth-order valence-electron chi connectivity index (χ4n) is 9.15. The number of likely N-dealkylation sites (N-methyl/N-ethyl adjacent to an activating group) is 1. The number of carbonyl (C=O) groups is 1. The van der Waals surface area contributed by atoms with E-state index in [-0.39, 0.29) is 19.1 Å². The first-order valence-corrected chi connectivity index (χ1v) is 31.7. The van der Waals surface area contributed by atoms with Crippen LogP contribution in [0.15, 0.2) is 24.3 Å². The average molecular weight is 996 g/mol. The number of amides is 1. The molecule has 0 aliphatic rings. The molecule has 0 heterocycles. The Morgan fingerprint density at radius 3 is 1.13 bits per heavy atom. The van der Waals surface area contributed by atoms with Crippen molar-refractivity contribution < 1.29 is 32.9 Å². The van der Waals surface area contributed by atoms with Gasteiger partial charge in [-0.05, 0) is 44.9 Å². The van der Waals surface area contributed by atoms with Gasteiger partial charge in [-0.25, -0.2) is 0 Å². The molecule has 3 unspecified atom stereocenters. The Morgan fingerprint density at radius 1 is 0.493 bits per heavy atom. The molecule has 69 heavy (non-hydrogen) atoms. The molecule has 0 fully saturated rings. The average Bonchev–Trinajstić information content (AvgIpc) is 3.31. The third kappa shape index (κ3) is 54.6. The molecule has 0 aromatic rings. The van der Waals surface area contributed by atoms with Gasteiger partial charge in [0, 0.05) is 6.42 Å². The summed E-state index contributed by atoms with van der Waals surface area (Å²) >= 11 is 0. The van der Waals surface area contributed by atoms with Crippen molar-refractivity contribution in [3.8, 4) is 0 Å². The van der Waals surface area contributed by atoms with Gasteiger partial charge in [0.1, 0.15) is 13.2 Å². The van der Waals surface area contributed by atoms with Gasteiger partial charge in [-0.15, -0.1) is 0 Å². The maximum Gasteiger partial charge on any atom is 0.268 e. The first-order chi connectivity index (χ1) is 33.5. The Hall–Kier alpha value is -1.02. The zero-order chi connectivity index (χ0) is 50.6. The third-order valence-corrected chi connectivity index (χ3v) is 14.9. The van der Waals surface area contributed by atoms with E-state index in [1.807, 2.05) is 27.2 Å². The van der Waals surface area contributed by atoms with Crippen molar-refractivity contribution in [2.24, 2.45) is 0 Å². The highest BCUT2D eigenvalue weighted by molar-refractivity contribution is 7.45. The van der Waals surface area contributed by atoms with Crippen molar-refractivity contribution in [1.29, 1.82) is 0 Å². The van der Waals surface area contributed by atoms with E-state index in [9.17, 15) is 19.4 Å². The van der Waals surface area contributed by atoms with Gasteiger partial charge in [-0.2, -0.15) is 0 Å². The highest BCUT2D eigenvalue weighted by atomic mass is 31.2. The van der Waals surface area contributed by atoms with Crippen LogP contribution in [-0.4, -0.2) is 68.5 Å². The van der Waals surface area contributed by atoms with Gasteiger partial charge in [-0.3, -0.25) is 9.36 Å². The second-order valence-electron chi connectivity index (χ2n) is 22.1. The zero-order valence-electron chi connectivity index (χ0n) is 46.8. The summed E-state index contributed by atoms with van der Waals surface area (Å²) in [5.74, 6) is -0.193. The smallest absolute Gasteiger partial charge is 0.268 e. The van der Waals surface area contributed by atoms with Crippen LogP contribution in [0.25, 0.3) is 0 Å². The number of aliphatic hydroxyl groups excluding tert-OH is 1. The largest absolute Gasteiger partial charge is 0.756 e. The van der Waals surface area contributed by atoms with Gasteiger partial charge >= 0.3 is 0 Å². The van der Waals surface area contributed by atoms with Gasteiger partial charge in [0.2, 0.25) is 5.91 Å². The number of phosphoric acid groups is 1. The number of nitrogens with one attached hydrogen (secondary N) is 1. The predicted octanol–water partition coefficient (Wildman–Crippen LogP) is 17.7. The molecule has 8 nitrogen and oxygen atoms in total. The van der Waals surface area contributed by atoms with Gasteiger partial charge in [0.25, 0.3) is 7.82 Å². The quantitative estimate of drug-likeness (QED) is 0.0272. The number of allylic oxidation sites excluding steroid dienone is 3. The van der Waals surface area contributed by atoms with Crippen LogP contribution in [-0.2, 0) is 18.4 Å². The molecule has 0 aliphatic carbocycles. The SMILES string of the molecule is CCCCCCCCCCCCCC/C=C\CCCCCCCCCCCCCCC(=O)NC(COP(=O)([O-])OCC[N+](C)(C)C)C(O)/C=C/CCCCCCCCCCCCCCCCCCC. The monoisotopic (exact) mass is 995 g/mol. The van der Waals surface area contributed by atoms with Crippen LogP contribution in [0.2, 0.25) is 0 Å². The first-order valence-electron chi connectivity index (χ1n) is 30.2. The van der Waals surface area contributed by atoms with E-state index in [1.54, 1.807) is 6.08 Å². The van der Waals surface area contributed by atoms with Crippen LogP contribution in [0.5, 0.6) is 0 Å². The molecule has 2 N–H and O–H groups in total. The van der Waals surface area contributed by atoms with Gasteiger partial charge in [0.05, 0.1) is 39.9 Å². The molecule has 3 atom stereocenters. The van der Waals surface area contributed by atoms with E-state index in [1.165, 1.54) is 244 Å². The molecule has 0 radical (unpaired) electrons. The minimum atomic E-state index is -4.60. The summed E-state index contributed by atoms with van der Waals surface area (Å²) in [6.07, 6.45) is 65.5. The summed E-state index contributed by atoms with van der Waals surface area (Å²) in [6, 6.07) is -0.885. The molecule has 0 aliphatic heterocycles. The highest BCUT2D eigenvalue weighted by Crippen LogP contribution is 2.38. The maximum atomic E-state index is 13.0. The Morgan fingerprint density at radius 2 is 0.797 bits per heavy atom. The number of carbonyl (C=O) groups excluding carboxylic acids is 1. The molecule has 410 valence electrons. The fraction of sp³-hybridized carbons (Fsp3) is 0.917.